The molecule has 0 aliphatic carbocycles. The van der Waals surface area contributed by atoms with Crippen LogP contribution in [0, 0.1) is 0 Å². The molecule has 0 amide bonds. The molecule has 20 heavy (non-hydrogen) atoms. The number of rotatable bonds is 3. The number of piperidine rings is 1. The molecule has 2 aliphatic heterocycles. The van der Waals surface area contributed by atoms with Crippen molar-refractivity contribution >= 4 is 11.6 Å². The second kappa shape index (κ2) is 5.92. The van der Waals surface area contributed by atoms with Crippen molar-refractivity contribution in [2.45, 2.75) is 50.8 Å². The van der Waals surface area contributed by atoms with Crippen LogP contribution in [0.15, 0.2) is 18.2 Å². The van der Waals surface area contributed by atoms with Gasteiger partial charge in [0.2, 0.25) is 0 Å². The van der Waals surface area contributed by atoms with Gasteiger partial charge in [0.25, 0.3) is 0 Å². The summed E-state index contributed by atoms with van der Waals surface area (Å²) in [6.07, 6.45) is 4.96. The predicted octanol–water partition coefficient (Wildman–Crippen LogP) is 2.85. The van der Waals surface area contributed by atoms with E-state index in [1.54, 1.807) is 0 Å². The third-order valence-corrected chi connectivity index (χ3v) is 4.88. The first-order valence-corrected chi connectivity index (χ1v) is 7.96. The standard InChI is InChI=1S/C16H23ClN2O/c1-11-3-2-4-14(9-18)19(11)10-15-8-12-7-13(17)5-6-16(12)20-15/h5-7,11,14-15H,2-4,8-10,18H2,1H3. The maximum absolute atomic E-state index is 6.06. The van der Waals surface area contributed by atoms with Crippen LogP contribution >= 0.6 is 11.6 Å². The summed E-state index contributed by atoms with van der Waals surface area (Å²) in [6.45, 7) is 4.02. The Morgan fingerprint density at radius 2 is 2.25 bits per heavy atom. The van der Waals surface area contributed by atoms with E-state index in [-0.39, 0.29) is 6.10 Å². The molecule has 2 N–H and O–H groups in total. The van der Waals surface area contributed by atoms with Crippen LogP contribution in [0.1, 0.15) is 31.7 Å². The van der Waals surface area contributed by atoms with E-state index in [0.29, 0.717) is 12.1 Å². The number of ether oxygens (including phenoxy) is 1. The molecule has 3 nitrogen and oxygen atoms in total. The highest BCUT2D eigenvalue weighted by atomic mass is 35.5. The molecule has 0 spiro atoms. The third-order valence-electron chi connectivity index (χ3n) is 4.64. The largest absolute Gasteiger partial charge is 0.488 e. The summed E-state index contributed by atoms with van der Waals surface area (Å²) in [4.78, 5) is 2.54. The number of nitrogens with two attached hydrogens (primary N) is 1. The Balaban J connectivity index is 1.67. The number of nitrogens with zero attached hydrogens (tertiary/aromatic N) is 1. The van der Waals surface area contributed by atoms with Gasteiger partial charge in [-0.05, 0) is 43.5 Å². The van der Waals surface area contributed by atoms with Crippen LogP contribution in [-0.2, 0) is 6.42 Å². The Bertz CT molecular complexity index is 480. The predicted molar refractivity (Wildman–Crippen MR) is 82.4 cm³/mol. The van der Waals surface area contributed by atoms with Gasteiger partial charge in [0.15, 0.2) is 0 Å². The van der Waals surface area contributed by atoms with E-state index in [0.717, 1.165) is 30.3 Å². The molecule has 0 saturated carbocycles. The molecule has 1 saturated heterocycles. The second-order valence-corrected chi connectivity index (χ2v) is 6.50. The lowest BCUT2D eigenvalue weighted by Gasteiger charge is -2.41. The lowest BCUT2D eigenvalue weighted by atomic mass is 9.95. The average molecular weight is 295 g/mol. The summed E-state index contributed by atoms with van der Waals surface area (Å²) in [5, 5.41) is 0.791. The van der Waals surface area contributed by atoms with Crippen LogP contribution in [0.3, 0.4) is 0 Å². The lowest BCUT2D eigenvalue weighted by Crippen LogP contribution is -2.52. The Labute approximate surface area is 126 Å². The molecule has 1 aromatic rings. The number of hydrogen-bond donors (Lipinski definition) is 1. The number of benzene rings is 1. The van der Waals surface area contributed by atoms with Crippen molar-refractivity contribution in [1.29, 1.82) is 0 Å². The van der Waals surface area contributed by atoms with Crippen molar-refractivity contribution in [2.24, 2.45) is 5.73 Å². The summed E-state index contributed by atoms with van der Waals surface area (Å²) < 4.78 is 6.06. The van der Waals surface area contributed by atoms with Crippen molar-refractivity contribution in [3.05, 3.63) is 28.8 Å². The Morgan fingerprint density at radius 3 is 3.05 bits per heavy atom. The summed E-state index contributed by atoms with van der Waals surface area (Å²) in [5.41, 5.74) is 7.17. The topological polar surface area (TPSA) is 38.5 Å². The smallest absolute Gasteiger partial charge is 0.123 e. The van der Waals surface area contributed by atoms with E-state index in [1.807, 2.05) is 18.2 Å². The van der Waals surface area contributed by atoms with Gasteiger partial charge >= 0.3 is 0 Å². The fourth-order valence-corrected chi connectivity index (χ4v) is 3.74. The first-order chi connectivity index (χ1) is 9.67. The van der Waals surface area contributed by atoms with Crippen LogP contribution in [-0.4, -0.2) is 36.2 Å². The summed E-state index contributed by atoms with van der Waals surface area (Å²) in [6, 6.07) is 7.02. The summed E-state index contributed by atoms with van der Waals surface area (Å²) in [7, 11) is 0. The molecule has 110 valence electrons. The van der Waals surface area contributed by atoms with Crippen molar-refractivity contribution in [3.8, 4) is 5.75 Å². The molecule has 3 unspecified atom stereocenters. The zero-order valence-electron chi connectivity index (χ0n) is 12.0. The minimum absolute atomic E-state index is 0.234. The highest BCUT2D eigenvalue weighted by molar-refractivity contribution is 6.30. The van der Waals surface area contributed by atoms with Crippen molar-refractivity contribution in [3.63, 3.8) is 0 Å². The zero-order valence-corrected chi connectivity index (χ0v) is 12.8. The van der Waals surface area contributed by atoms with Crippen LogP contribution in [0.2, 0.25) is 5.02 Å². The highest BCUT2D eigenvalue weighted by Crippen LogP contribution is 2.32. The minimum Gasteiger partial charge on any atom is -0.488 e. The highest BCUT2D eigenvalue weighted by Gasteiger charge is 2.32. The lowest BCUT2D eigenvalue weighted by molar-refractivity contribution is 0.0551. The van der Waals surface area contributed by atoms with Gasteiger partial charge < -0.3 is 10.5 Å². The van der Waals surface area contributed by atoms with Gasteiger partial charge in [-0.2, -0.15) is 0 Å². The molecule has 2 heterocycles. The van der Waals surface area contributed by atoms with Crippen LogP contribution in [0.5, 0.6) is 5.75 Å². The van der Waals surface area contributed by atoms with Crippen LogP contribution in [0.25, 0.3) is 0 Å². The fourth-order valence-electron chi connectivity index (χ4n) is 3.55. The number of hydrogen-bond acceptors (Lipinski definition) is 3. The molecule has 1 aromatic carbocycles. The maximum atomic E-state index is 6.06. The van der Waals surface area contributed by atoms with Crippen LogP contribution < -0.4 is 10.5 Å². The van der Waals surface area contributed by atoms with Gasteiger partial charge in [-0.15, -0.1) is 0 Å². The summed E-state index contributed by atoms with van der Waals surface area (Å²) in [5.74, 6) is 0.994. The van der Waals surface area contributed by atoms with E-state index in [2.05, 4.69) is 11.8 Å². The van der Waals surface area contributed by atoms with Gasteiger partial charge in [0.1, 0.15) is 11.9 Å². The SMILES string of the molecule is CC1CCCC(CN)N1CC1Cc2cc(Cl)ccc2O1. The first-order valence-electron chi connectivity index (χ1n) is 7.58. The molecular weight excluding hydrogens is 272 g/mol. The Morgan fingerprint density at radius 1 is 1.40 bits per heavy atom. The van der Waals surface area contributed by atoms with E-state index in [9.17, 15) is 0 Å². The number of halogens is 1. The van der Waals surface area contributed by atoms with Crippen molar-refractivity contribution in [1.82, 2.24) is 4.90 Å². The van der Waals surface area contributed by atoms with Crippen molar-refractivity contribution in [2.75, 3.05) is 13.1 Å². The van der Waals surface area contributed by atoms with Gasteiger partial charge in [0.05, 0.1) is 0 Å². The third kappa shape index (κ3) is 2.80. The normalized spacial score (nSPS) is 30.1. The molecule has 2 aliphatic rings. The molecule has 1 fully saturated rings. The molecule has 0 aromatic heterocycles. The van der Waals surface area contributed by atoms with Gasteiger partial charge in [-0.1, -0.05) is 18.0 Å². The van der Waals surface area contributed by atoms with E-state index >= 15 is 0 Å². The molecule has 0 radical (unpaired) electrons. The van der Waals surface area contributed by atoms with E-state index in [4.69, 9.17) is 22.1 Å². The van der Waals surface area contributed by atoms with Gasteiger partial charge in [-0.25, -0.2) is 0 Å². The summed E-state index contributed by atoms with van der Waals surface area (Å²) >= 11 is 6.05. The maximum Gasteiger partial charge on any atom is 0.123 e. The molecule has 3 atom stereocenters. The minimum atomic E-state index is 0.234. The molecule has 0 bridgehead atoms. The zero-order chi connectivity index (χ0) is 14.1. The van der Waals surface area contributed by atoms with E-state index < -0.39 is 0 Å². The van der Waals surface area contributed by atoms with Gasteiger partial charge in [0, 0.05) is 36.6 Å². The Hall–Kier alpha value is -0.770. The fraction of sp³-hybridized carbons (Fsp3) is 0.625. The van der Waals surface area contributed by atoms with E-state index in [1.165, 1.54) is 24.8 Å². The molecule has 4 heteroatoms. The van der Waals surface area contributed by atoms with Crippen LogP contribution in [0.4, 0.5) is 0 Å². The molecule has 3 rings (SSSR count). The first kappa shape index (κ1) is 14.2. The quantitative estimate of drug-likeness (QED) is 0.932. The van der Waals surface area contributed by atoms with Crippen molar-refractivity contribution < 1.29 is 4.74 Å². The number of likely N-dealkylation sites (tertiary alicyclic amines) is 1. The number of fused-ring (bicyclic) bond motifs is 1. The average Bonchev–Trinajstić information content (AvgIpc) is 2.82. The second-order valence-electron chi connectivity index (χ2n) is 6.06. The van der Waals surface area contributed by atoms with Gasteiger partial charge in [-0.3, -0.25) is 4.90 Å². The monoisotopic (exact) mass is 294 g/mol. The Kier molecular flexibility index (Phi) is 4.20. The molecular formula is C16H23ClN2O.